The Balaban J connectivity index is 2.45. The highest BCUT2D eigenvalue weighted by Crippen LogP contribution is 2.24. The van der Waals surface area contributed by atoms with E-state index >= 15 is 0 Å². The molecule has 0 saturated carbocycles. The predicted molar refractivity (Wildman–Crippen MR) is 41.5 cm³/mol. The average molecular weight is 156 g/mol. The highest BCUT2D eigenvalue weighted by molar-refractivity contribution is 6.11. The van der Waals surface area contributed by atoms with E-state index in [4.69, 9.17) is 17.3 Å². The van der Waals surface area contributed by atoms with Gasteiger partial charge in [-0.05, 0) is 0 Å². The van der Waals surface area contributed by atoms with Gasteiger partial charge in [0.1, 0.15) is 14.0 Å². The first-order chi connectivity index (χ1) is 5.16. The molecule has 1 N–H and O–H groups in total. The maximum Gasteiger partial charge on any atom is 0.109 e. The van der Waals surface area contributed by atoms with Gasteiger partial charge in [-0.25, -0.2) is 0 Å². The van der Waals surface area contributed by atoms with Gasteiger partial charge in [0.25, 0.3) is 0 Å². The van der Waals surface area contributed by atoms with Crippen molar-refractivity contribution in [2.45, 2.75) is 25.1 Å². The summed E-state index contributed by atoms with van der Waals surface area (Å²) in [4.78, 5) is 0. The van der Waals surface area contributed by atoms with Gasteiger partial charge in [0.15, 0.2) is 0 Å². The molecule has 0 amide bonds. The Labute approximate surface area is 68.1 Å². The Morgan fingerprint density at radius 3 is 2.64 bits per heavy atom. The van der Waals surface area contributed by atoms with Crippen LogP contribution in [0.2, 0.25) is 0 Å². The summed E-state index contributed by atoms with van der Waals surface area (Å²) in [5.74, 6) is -0.00449. The second-order valence-electron chi connectivity index (χ2n) is 2.94. The van der Waals surface area contributed by atoms with Crippen molar-refractivity contribution >= 4 is 7.85 Å². The molecule has 0 aromatic carbocycles. The van der Waals surface area contributed by atoms with Crippen LogP contribution in [0.3, 0.4) is 0 Å². The molecular weight excluding hydrogens is 143 g/mol. The topological polar surface area (TPSA) is 38.7 Å². The summed E-state index contributed by atoms with van der Waals surface area (Å²) >= 11 is 0. The average Bonchev–Trinajstić information content (AvgIpc) is 2.19. The zero-order valence-corrected chi connectivity index (χ0v) is 6.86. The van der Waals surface area contributed by atoms with Crippen LogP contribution < -0.4 is 0 Å². The summed E-state index contributed by atoms with van der Waals surface area (Å²) in [7, 11) is 7.13. The lowest BCUT2D eigenvalue weighted by Crippen LogP contribution is -2.29. The highest BCUT2D eigenvalue weighted by atomic mass is 16.5. The second kappa shape index (κ2) is 3.56. The normalized spacial score (nSPS) is 44.6. The molecule has 62 valence electrons. The summed E-state index contributed by atoms with van der Waals surface area (Å²) in [6, 6.07) is -0.356. The molecule has 2 radical (unpaired) electrons. The van der Waals surface area contributed by atoms with Gasteiger partial charge in [-0.2, -0.15) is 0 Å². The van der Waals surface area contributed by atoms with E-state index in [2.05, 4.69) is 0 Å². The van der Waals surface area contributed by atoms with Crippen LogP contribution in [0.1, 0.15) is 6.92 Å². The van der Waals surface area contributed by atoms with E-state index in [1.165, 1.54) is 0 Å². The van der Waals surface area contributed by atoms with Crippen molar-refractivity contribution < 1.29 is 14.6 Å². The Bertz CT molecular complexity index is 131. The van der Waals surface area contributed by atoms with Gasteiger partial charge >= 0.3 is 0 Å². The van der Waals surface area contributed by atoms with E-state index in [0.717, 1.165) is 0 Å². The van der Waals surface area contributed by atoms with Gasteiger partial charge in [-0.15, -0.1) is 0 Å². The molecular formula is C7H13BO3. The fourth-order valence-electron chi connectivity index (χ4n) is 1.24. The lowest BCUT2D eigenvalue weighted by molar-refractivity contribution is -0.0181. The predicted octanol–water partition coefficient (Wildman–Crippen LogP) is -0.477. The molecule has 0 spiro atoms. The van der Waals surface area contributed by atoms with Gasteiger partial charge in [-0.1, -0.05) is 6.92 Å². The first-order valence-corrected chi connectivity index (χ1v) is 3.75. The monoisotopic (exact) mass is 156 g/mol. The van der Waals surface area contributed by atoms with Crippen LogP contribution in [0.4, 0.5) is 0 Å². The van der Waals surface area contributed by atoms with Gasteiger partial charge in [-0.3, -0.25) is 0 Å². The van der Waals surface area contributed by atoms with E-state index in [1.54, 1.807) is 7.11 Å². The van der Waals surface area contributed by atoms with Crippen LogP contribution in [0, 0.1) is 5.92 Å². The number of hydrogen-bond donors (Lipinski definition) is 1. The Hall–Kier alpha value is -0.0551. The highest BCUT2D eigenvalue weighted by Gasteiger charge is 2.37. The fraction of sp³-hybridized carbons (Fsp3) is 1.00. The van der Waals surface area contributed by atoms with Gasteiger partial charge < -0.3 is 14.6 Å². The number of aliphatic hydroxyl groups excluding tert-OH is 1. The molecule has 0 aromatic heterocycles. The molecule has 1 saturated heterocycles. The molecule has 4 unspecified atom stereocenters. The summed E-state index contributed by atoms with van der Waals surface area (Å²) in [6.07, 6.45) is -0.755. The maximum absolute atomic E-state index is 9.47. The molecule has 1 heterocycles. The Kier molecular flexibility index (Phi) is 2.93. The van der Waals surface area contributed by atoms with Gasteiger partial charge in [0.2, 0.25) is 0 Å². The molecule has 4 atom stereocenters. The zero-order valence-electron chi connectivity index (χ0n) is 6.86. The van der Waals surface area contributed by atoms with E-state index in [0.29, 0.717) is 6.61 Å². The lowest BCUT2D eigenvalue weighted by Gasteiger charge is -2.13. The first-order valence-electron chi connectivity index (χ1n) is 3.75. The maximum atomic E-state index is 9.47. The van der Waals surface area contributed by atoms with Crippen molar-refractivity contribution in [2.75, 3.05) is 13.7 Å². The van der Waals surface area contributed by atoms with Crippen LogP contribution in [0.25, 0.3) is 0 Å². The van der Waals surface area contributed by atoms with Crippen molar-refractivity contribution in [2.24, 2.45) is 5.92 Å². The number of methoxy groups -OCH3 is 1. The third-order valence-electron chi connectivity index (χ3n) is 2.10. The molecule has 1 aliphatic rings. The Morgan fingerprint density at radius 2 is 2.27 bits per heavy atom. The van der Waals surface area contributed by atoms with Crippen molar-refractivity contribution in [3.8, 4) is 0 Å². The molecule has 4 heteroatoms. The van der Waals surface area contributed by atoms with Crippen LogP contribution in [0.5, 0.6) is 0 Å². The van der Waals surface area contributed by atoms with E-state index < -0.39 is 6.10 Å². The lowest BCUT2D eigenvalue weighted by atomic mass is 9.86. The fourth-order valence-corrected chi connectivity index (χ4v) is 1.24. The largest absolute Gasteiger partial charge is 0.390 e. The van der Waals surface area contributed by atoms with E-state index in [-0.39, 0.29) is 18.0 Å². The first kappa shape index (κ1) is 9.04. The Morgan fingerprint density at radius 1 is 1.64 bits per heavy atom. The number of hydrogen-bond acceptors (Lipinski definition) is 3. The molecule has 1 fully saturated rings. The quantitative estimate of drug-likeness (QED) is 0.549. The van der Waals surface area contributed by atoms with Crippen molar-refractivity contribution in [3.63, 3.8) is 0 Å². The third-order valence-corrected chi connectivity index (χ3v) is 2.10. The molecule has 1 aliphatic heterocycles. The molecule has 11 heavy (non-hydrogen) atoms. The molecule has 0 aromatic rings. The van der Waals surface area contributed by atoms with Crippen LogP contribution in [-0.2, 0) is 9.47 Å². The van der Waals surface area contributed by atoms with E-state index in [9.17, 15) is 5.11 Å². The summed E-state index contributed by atoms with van der Waals surface area (Å²) in [6.45, 7) is 2.27. The van der Waals surface area contributed by atoms with Gasteiger partial charge in [0.05, 0.1) is 12.7 Å². The summed E-state index contributed by atoms with van der Waals surface area (Å²) in [5, 5.41) is 9.47. The van der Waals surface area contributed by atoms with Crippen LogP contribution in [-0.4, -0.2) is 44.9 Å². The zero-order chi connectivity index (χ0) is 8.43. The SMILES string of the molecule is [B]C1OC(COC)C(O)C1C. The molecule has 1 rings (SSSR count). The second-order valence-corrected chi connectivity index (χ2v) is 2.94. The van der Waals surface area contributed by atoms with Crippen molar-refractivity contribution in [3.05, 3.63) is 0 Å². The minimum atomic E-state index is -0.495. The minimum absolute atomic E-state index is 0.00449. The number of aliphatic hydroxyl groups is 1. The molecule has 3 nitrogen and oxygen atoms in total. The number of rotatable bonds is 2. The minimum Gasteiger partial charge on any atom is -0.390 e. The van der Waals surface area contributed by atoms with Crippen molar-refractivity contribution in [1.29, 1.82) is 0 Å². The summed E-state index contributed by atoms with van der Waals surface area (Å²) < 4.78 is 10.1. The van der Waals surface area contributed by atoms with Crippen LogP contribution >= 0.6 is 0 Å². The smallest absolute Gasteiger partial charge is 0.109 e. The number of ether oxygens (including phenoxy) is 2. The molecule has 0 aliphatic carbocycles. The standard InChI is InChI=1S/C7H13BO3/c1-4-6(9)5(3-10-2)11-7(4)8/h4-7,9H,3H2,1-2H3. The molecule has 0 bridgehead atoms. The third kappa shape index (κ3) is 1.75. The van der Waals surface area contributed by atoms with E-state index in [1.807, 2.05) is 6.92 Å². The van der Waals surface area contributed by atoms with Crippen LogP contribution in [0.15, 0.2) is 0 Å². The van der Waals surface area contributed by atoms with Gasteiger partial charge in [0, 0.05) is 19.0 Å². The summed E-state index contributed by atoms with van der Waals surface area (Å²) in [5.41, 5.74) is 0. The van der Waals surface area contributed by atoms with Crippen molar-refractivity contribution in [1.82, 2.24) is 0 Å².